The summed E-state index contributed by atoms with van der Waals surface area (Å²) in [4.78, 5) is 4.74. The Balaban J connectivity index is 0.00000210. The molecule has 0 aliphatic carbocycles. The summed E-state index contributed by atoms with van der Waals surface area (Å²) in [7, 11) is 1.66. The summed E-state index contributed by atoms with van der Waals surface area (Å²) in [5, 5.41) is 6.12. The van der Waals surface area contributed by atoms with Gasteiger partial charge in [0.05, 0.1) is 30.0 Å². The van der Waals surface area contributed by atoms with Crippen LogP contribution in [0.15, 0.2) is 36.4 Å². The third-order valence-electron chi connectivity index (χ3n) is 4.95. The average molecular weight is 479 g/mol. The molecule has 1 aromatic heterocycles. The molecule has 3 aromatic rings. The van der Waals surface area contributed by atoms with Gasteiger partial charge in [-0.2, -0.15) is 0 Å². The minimum atomic E-state index is -0.182. The van der Waals surface area contributed by atoms with Crippen molar-refractivity contribution >= 4 is 75.5 Å². The second-order valence-electron chi connectivity index (χ2n) is 6.79. The highest BCUT2D eigenvalue weighted by molar-refractivity contribution is 6.31. The molecule has 0 bridgehead atoms. The van der Waals surface area contributed by atoms with Crippen LogP contribution in [0.5, 0.6) is 5.75 Å². The number of halogens is 4. The standard InChI is InChI=1S/C21H25Cl2N3O.2ClH/c1-3-13(12-22)4-9-20(24)26-21-16-7-5-14(23)10-19(16)25-18-8-6-15(27-2)11-17(18)21;;/h5-8,10-11,13,20H,3-4,9,12,24H2,1-2H3,(H,25,26);2*1H. The maximum Gasteiger partial charge on any atom is 0.119 e. The van der Waals surface area contributed by atoms with Crippen molar-refractivity contribution < 1.29 is 4.74 Å². The number of nitrogens with zero attached hydrogens (tertiary/aromatic N) is 1. The fourth-order valence-electron chi connectivity index (χ4n) is 3.24. The van der Waals surface area contributed by atoms with Gasteiger partial charge in [0.1, 0.15) is 5.75 Å². The van der Waals surface area contributed by atoms with Crippen molar-refractivity contribution in [2.24, 2.45) is 11.7 Å². The van der Waals surface area contributed by atoms with Crippen LogP contribution in [-0.4, -0.2) is 24.1 Å². The van der Waals surface area contributed by atoms with E-state index in [0.717, 1.165) is 52.5 Å². The number of ether oxygens (including phenoxy) is 1. The van der Waals surface area contributed by atoms with Crippen molar-refractivity contribution in [3.63, 3.8) is 0 Å². The zero-order valence-electron chi connectivity index (χ0n) is 16.5. The van der Waals surface area contributed by atoms with Crippen molar-refractivity contribution in [3.05, 3.63) is 41.4 Å². The summed E-state index contributed by atoms with van der Waals surface area (Å²) in [5.74, 6) is 1.94. The summed E-state index contributed by atoms with van der Waals surface area (Å²) in [5.41, 5.74) is 9.07. The molecule has 3 N–H and O–H groups in total. The van der Waals surface area contributed by atoms with Gasteiger partial charge in [0.25, 0.3) is 0 Å². The number of pyridine rings is 1. The Morgan fingerprint density at radius 1 is 1.07 bits per heavy atom. The van der Waals surface area contributed by atoms with Crippen LogP contribution in [0.3, 0.4) is 0 Å². The molecule has 0 amide bonds. The second-order valence-corrected chi connectivity index (χ2v) is 7.53. The lowest BCUT2D eigenvalue weighted by Crippen LogP contribution is -2.30. The van der Waals surface area contributed by atoms with Crippen molar-refractivity contribution in [1.82, 2.24) is 4.98 Å². The monoisotopic (exact) mass is 477 g/mol. The van der Waals surface area contributed by atoms with Gasteiger partial charge < -0.3 is 15.8 Å². The van der Waals surface area contributed by atoms with Gasteiger partial charge in [0.2, 0.25) is 0 Å². The SMILES string of the molecule is CCC(CCl)CCC(N)Nc1c2ccc(Cl)cc2nc2ccc(OC)cc12.Cl.Cl. The molecule has 160 valence electrons. The first kappa shape index (κ1) is 25.9. The molecule has 0 saturated heterocycles. The normalized spacial score (nSPS) is 12.7. The molecule has 2 atom stereocenters. The van der Waals surface area contributed by atoms with Crippen molar-refractivity contribution in [2.75, 3.05) is 18.3 Å². The van der Waals surface area contributed by atoms with Crippen LogP contribution in [-0.2, 0) is 0 Å². The molecule has 0 fully saturated rings. The van der Waals surface area contributed by atoms with E-state index in [1.54, 1.807) is 7.11 Å². The zero-order valence-corrected chi connectivity index (χ0v) is 19.6. The Morgan fingerprint density at radius 2 is 1.83 bits per heavy atom. The minimum absolute atomic E-state index is 0. The average Bonchev–Trinajstić information content (AvgIpc) is 2.68. The molecule has 3 rings (SSSR count). The molecule has 0 spiro atoms. The van der Waals surface area contributed by atoms with E-state index in [0.29, 0.717) is 16.8 Å². The first-order chi connectivity index (χ1) is 13.0. The van der Waals surface area contributed by atoms with Crippen LogP contribution in [0.2, 0.25) is 5.02 Å². The lowest BCUT2D eigenvalue weighted by atomic mass is 10.0. The molecule has 2 unspecified atom stereocenters. The predicted octanol–water partition coefficient (Wildman–Crippen LogP) is 6.64. The van der Waals surface area contributed by atoms with Crippen LogP contribution in [0.1, 0.15) is 26.2 Å². The number of anilines is 1. The van der Waals surface area contributed by atoms with Gasteiger partial charge in [0.15, 0.2) is 0 Å². The Kier molecular flexibility index (Phi) is 10.6. The maximum absolute atomic E-state index is 6.41. The molecular formula is C21H27Cl4N3O. The molecule has 4 nitrogen and oxygen atoms in total. The number of hydrogen-bond donors (Lipinski definition) is 2. The Labute approximate surface area is 194 Å². The Morgan fingerprint density at radius 3 is 2.48 bits per heavy atom. The largest absolute Gasteiger partial charge is 0.497 e. The lowest BCUT2D eigenvalue weighted by Gasteiger charge is -2.21. The van der Waals surface area contributed by atoms with Gasteiger partial charge >= 0.3 is 0 Å². The third-order valence-corrected chi connectivity index (χ3v) is 5.63. The Bertz CT molecular complexity index is 935. The van der Waals surface area contributed by atoms with E-state index in [-0.39, 0.29) is 31.0 Å². The molecule has 29 heavy (non-hydrogen) atoms. The molecule has 1 heterocycles. The fraction of sp³-hybridized carbons (Fsp3) is 0.381. The van der Waals surface area contributed by atoms with Crippen LogP contribution in [0, 0.1) is 5.92 Å². The molecule has 0 aliphatic heterocycles. The summed E-state index contributed by atoms with van der Waals surface area (Å²) in [6.45, 7) is 2.16. The molecule has 2 aromatic carbocycles. The number of benzene rings is 2. The van der Waals surface area contributed by atoms with E-state index in [2.05, 4.69) is 12.2 Å². The number of nitrogens with one attached hydrogen (secondary N) is 1. The van der Waals surface area contributed by atoms with E-state index in [4.69, 9.17) is 38.7 Å². The number of nitrogens with two attached hydrogens (primary N) is 1. The molecule has 0 aliphatic rings. The van der Waals surface area contributed by atoms with E-state index in [1.807, 2.05) is 36.4 Å². The Hall–Kier alpha value is -1.17. The summed E-state index contributed by atoms with van der Waals surface area (Å²) in [6.07, 6.45) is 2.71. The highest BCUT2D eigenvalue weighted by atomic mass is 35.5. The van der Waals surface area contributed by atoms with Gasteiger partial charge in [-0.25, -0.2) is 4.98 Å². The van der Waals surface area contributed by atoms with Crippen molar-refractivity contribution in [1.29, 1.82) is 0 Å². The van der Waals surface area contributed by atoms with Gasteiger partial charge in [0, 0.05) is 21.7 Å². The van der Waals surface area contributed by atoms with Crippen LogP contribution >= 0.6 is 48.0 Å². The number of methoxy groups -OCH3 is 1. The van der Waals surface area contributed by atoms with E-state index < -0.39 is 0 Å². The van der Waals surface area contributed by atoms with E-state index in [9.17, 15) is 0 Å². The zero-order chi connectivity index (χ0) is 19.4. The topological polar surface area (TPSA) is 60.2 Å². The highest BCUT2D eigenvalue weighted by Crippen LogP contribution is 2.34. The molecule has 8 heteroatoms. The van der Waals surface area contributed by atoms with Crippen molar-refractivity contribution in [2.45, 2.75) is 32.4 Å². The first-order valence-corrected chi connectivity index (χ1v) is 10.1. The lowest BCUT2D eigenvalue weighted by molar-refractivity contribution is 0.415. The third kappa shape index (κ3) is 6.16. The summed E-state index contributed by atoms with van der Waals surface area (Å²) >= 11 is 12.2. The van der Waals surface area contributed by atoms with Gasteiger partial charge in [-0.15, -0.1) is 36.4 Å². The van der Waals surface area contributed by atoms with E-state index in [1.165, 1.54) is 0 Å². The molecule has 0 radical (unpaired) electrons. The quantitative estimate of drug-likeness (QED) is 0.216. The van der Waals surface area contributed by atoms with Gasteiger partial charge in [-0.1, -0.05) is 24.9 Å². The van der Waals surface area contributed by atoms with Gasteiger partial charge in [-0.3, -0.25) is 0 Å². The number of alkyl halides is 1. The number of aromatic nitrogens is 1. The summed E-state index contributed by atoms with van der Waals surface area (Å²) < 4.78 is 5.40. The van der Waals surface area contributed by atoms with Crippen LogP contribution in [0.4, 0.5) is 5.69 Å². The van der Waals surface area contributed by atoms with Crippen LogP contribution < -0.4 is 15.8 Å². The smallest absolute Gasteiger partial charge is 0.119 e. The fourth-order valence-corrected chi connectivity index (χ4v) is 3.78. The van der Waals surface area contributed by atoms with E-state index >= 15 is 0 Å². The van der Waals surface area contributed by atoms with Crippen molar-refractivity contribution in [3.8, 4) is 5.75 Å². The first-order valence-electron chi connectivity index (χ1n) is 9.20. The minimum Gasteiger partial charge on any atom is -0.497 e. The number of rotatable bonds is 8. The number of fused-ring (bicyclic) bond motifs is 2. The summed E-state index contributed by atoms with van der Waals surface area (Å²) in [6, 6.07) is 11.6. The molecule has 0 saturated carbocycles. The second kappa shape index (κ2) is 11.9. The highest BCUT2D eigenvalue weighted by Gasteiger charge is 2.14. The maximum atomic E-state index is 6.41. The predicted molar refractivity (Wildman–Crippen MR) is 131 cm³/mol. The van der Waals surface area contributed by atoms with Gasteiger partial charge in [-0.05, 0) is 55.2 Å². The molecular weight excluding hydrogens is 452 g/mol. The number of hydrogen-bond acceptors (Lipinski definition) is 4. The van der Waals surface area contributed by atoms with Crippen LogP contribution in [0.25, 0.3) is 21.8 Å².